The Balaban J connectivity index is 2.07. The van der Waals surface area contributed by atoms with Crippen LogP contribution in [0.5, 0.6) is 0 Å². The molecule has 1 amide bonds. The molecule has 7 nitrogen and oxygen atoms in total. The lowest BCUT2D eigenvalue weighted by Gasteiger charge is -2.34. The molecule has 0 bridgehead atoms. The molecule has 31 heavy (non-hydrogen) atoms. The fourth-order valence-electron chi connectivity index (χ4n) is 4.01. The van der Waals surface area contributed by atoms with Gasteiger partial charge in [0, 0.05) is 46.0 Å². The Morgan fingerprint density at radius 3 is 2.61 bits per heavy atom. The molecule has 0 saturated carbocycles. The molecule has 0 radical (unpaired) electrons. The number of nitrogens with zero attached hydrogens (tertiary/aromatic N) is 4. The zero-order chi connectivity index (χ0) is 22.7. The Bertz CT molecular complexity index is 1020. The van der Waals surface area contributed by atoms with Crippen molar-refractivity contribution in [2.24, 2.45) is 13.0 Å². The molecule has 2 saturated heterocycles. The predicted molar refractivity (Wildman–Crippen MR) is 128 cm³/mol. The van der Waals surface area contributed by atoms with Crippen molar-refractivity contribution in [3.63, 3.8) is 0 Å². The average molecular weight is 461 g/mol. The molecule has 166 valence electrons. The van der Waals surface area contributed by atoms with Crippen LogP contribution in [0.4, 0.5) is 5.82 Å². The van der Waals surface area contributed by atoms with Gasteiger partial charge in [0.2, 0.25) is 0 Å². The van der Waals surface area contributed by atoms with Crippen LogP contribution in [-0.2, 0) is 16.6 Å². The lowest BCUT2D eigenvalue weighted by Crippen LogP contribution is -2.38. The number of hydrogen-bond acceptors (Lipinski definition) is 7. The second-order valence-electron chi connectivity index (χ2n) is 8.06. The van der Waals surface area contributed by atoms with E-state index in [1.165, 1.54) is 11.8 Å². The van der Waals surface area contributed by atoms with Gasteiger partial charge in [0.15, 0.2) is 0 Å². The number of hydrogen-bond donors (Lipinski definition) is 0. The predicted octanol–water partition coefficient (Wildman–Crippen LogP) is 3.04. The van der Waals surface area contributed by atoms with Crippen molar-refractivity contribution >= 4 is 46.1 Å². The second-order valence-corrected chi connectivity index (χ2v) is 9.74. The number of ether oxygens (including phenoxy) is 1. The van der Waals surface area contributed by atoms with Crippen LogP contribution in [0.15, 0.2) is 9.70 Å². The first-order chi connectivity index (χ1) is 14.8. The normalized spacial score (nSPS) is 18.9. The summed E-state index contributed by atoms with van der Waals surface area (Å²) in [6.45, 7) is 6.73. The summed E-state index contributed by atoms with van der Waals surface area (Å²) in [6, 6.07) is 2.05. The number of thiocarbonyl (C=S) groups is 1. The highest BCUT2D eigenvalue weighted by atomic mass is 32.2. The number of piperidine rings is 1. The summed E-state index contributed by atoms with van der Waals surface area (Å²) in [5.74, 6) is 1.26. The largest absolute Gasteiger partial charge is 0.385 e. The van der Waals surface area contributed by atoms with Gasteiger partial charge in [0.25, 0.3) is 11.5 Å². The maximum atomic E-state index is 13.0. The number of pyridine rings is 1. The second kappa shape index (κ2) is 9.98. The SMILES string of the molecule is COCCCN1C(=O)C(=Cc2c(C)c(C#N)c(=O)n(C)c2N2CCC(C)CC2)SC1=S. The molecule has 1 aromatic heterocycles. The zero-order valence-corrected chi connectivity index (χ0v) is 20.1. The van der Waals surface area contributed by atoms with Crippen molar-refractivity contribution in [3.05, 3.63) is 31.9 Å². The van der Waals surface area contributed by atoms with Crippen LogP contribution in [0, 0.1) is 24.2 Å². The fraction of sp³-hybridized carbons (Fsp3) is 0.545. The molecule has 0 atom stereocenters. The highest BCUT2D eigenvalue weighted by Crippen LogP contribution is 2.36. The molecule has 2 aliphatic heterocycles. The number of rotatable bonds is 6. The van der Waals surface area contributed by atoms with E-state index in [1.807, 2.05) is 6.07 Å². The molecule has 9 heteroatoms. The quantitative estimate of drug-likeness (QED) is 0.367. The number of methoxy groups -OCH3 is 1. The molecule has 1 aromatic rings. The molecule has 0 spiro atoms. The van der Waals surface area contributed by atoms with Crippen LogP contribution in [0.25, 0.3) is 6.08 Å². The lowest BCUT2D eigenvalue weighted by molar-refractivity contribution is -0.122. The number of amides is 1. The smallest absolute Gasteiger partial charge is 0.270 e. The van der Waals surface area contributed by atoms with Crippen molar-refractivity contribution in [1.82, 2.24) is 9.47 Å². The molecule has 0 aromatic carbocycles. The van der Waals surface area contributed by atoms with Crippen molar-refractivity contribution in [2.45, 2.75) is 33.1 Å². The molecule has 2 fully saturated rings. The third-order valence-electron chi connectivity index (χ3n) is 5.93. The molecule has 3 heterocycles. The van der Waals surface area contributed by atoms with Gasteiger partial charge < -0.3 is 9.64 Å². The van der Waals surface area contributed by atoms with Gasteiger partial charge in [-0.15, -0.1) is 0 Å². The van der Waals surface area contributed by atoms with Crippen molar-refractivity contribution < 1.29 is 9.53 Å². The van der Waals surface area contributed by atoms with Gasteiger partial charge in [-0.3, -0.25) is 19.1 Å². The summed E-state index contributed by atoms with van der Waals surface area (Å²) >= 11 is 6.69. The summed E-state index contributed by atoms with van der Waals surface area (Å²) in [4.78, 5) is 30.2. The topological polar surface area (TPSA) is 78.6 Å². The lowest BCUT2D eigenvalue weighted by atomic mass is 9.97. The maximum absolute atomic E-state index is 13.0. The summed E-state index contributed by atoms with van der Waals surface area (Å²) in [6.07, 6.45) is 4.58. The van der Waals surface area contributed by atoms with Crippen LogP contribution < -0.4 is 10.5 Å². The van der Waals surface area contributed by atoms with Crippen LogP contribution in [0.3, 0.4) is 0 Å². The highest BCUT2D eigenvalue weighted by Gasteiger charge is 2.33. The summed E-state index contributed by atoms with van der Waals surface area (Å²) < 4.78 is 7.15. The van der Waals surface area contributed by atoms with Crippen LogP contribution in [-0.4, -0.2) is 53.0 Å². The standard InChI is InChI=1S/C22H28N4O3S2/c1-14-6-9-25(10-7-14)19-16(15(2)17(13-23)20(27)24(19)3)12-18-21(28)26(22(30)31-18)8-5-11-29-4/h12,14H,5-11H2,1-4H3. The van der Waals surface area contributed by atoms with Gasteiger partial charge in [-0.05, 0) is 43.7 Å². The van der Waals surface area contributed by atoms with E-state index < -0.39 is 0 Å². The first-order valence-corrected chi connectivity index (χ1v) is 11.7. The van der Waals surface area contributed by atoms with Gasteiger partial charge in [0.1, 0.15) is 21.8 Å². The van der Waals surface area contributed by atoms with E-state index in [1.54, 1.807) is 36.6 Å². The highest BCUT2D eigenvalue weighted by molar-refractivity contribution is 8.26. The van der Waals surface area contributed by atoms with E-state index in [9.17, 15) is 14.9 Å². The number of carbonyl (C=O) groups excluding carboxylic acids is 1. The molecule has 0 unspecified atom stereocenters. The zero-order valence-electron chi connectivity index (χ0n) is 18.4. The molecule has 0 aliphatic carbocycles. The maximum Gasteiger partial charge on any atom is 0.270 e. The van der Waals surface area contributed by atoms with E-state index in [0.717, 1.165) is 37.3 Å². The van der Waals surface area contributed by atoms with Gasteiger partial charge in [-0.2, -0.15) is 5.26 Å². The minimum atomic E-state index is -0.308. The van der Waals surface area contributed by atoms with Gasteiger partial charge in [0.05, 0.1) is 4.91 Å². The van der Waals surface area contributed by atoms with E-state index in [2.05, 4.69) is 11.8 Å². The van der Waals surface area contributed by atoms with Crippen molar-refractivity contribution in [1.29, 1.82) is 5.26 Å². The van der Waals surface area contributed by atoms with Crippen LogP contribution in [0.1, 0.15) is 42.9 Å². The fourth-order valence-corrected chi connectivity index (χ4v) is 5.30. The minimum absolute atomic E-state index is 0.110. The third kappa shape index (κ3) is 4.71. The Hall–Kier alpha value is -2.15. The number of carbonyl (C=O) groups is 1. The summed E-state index contributed by atoms with van der Waals surface area (Å²) in [5, 5.41) is 9.59. The number of nitriles is 1. The van der Waals surface area contributed by atoms with Crippen LogP contribution in [0.2, 0.25) is 0 Å². The Morgan fingerprint density at radius 1 is 1.32 bits per heavy atom. The van der Waals surface area contributed by atoms with E-state index in [-0.39, 0.29) is 17.0 Å². The molecule has 3 rings (SSSR count). The Kier molecular flexibility index (Phi) is 7.57. The van der Waals surface area contributed by atoms with Gasteiger partial charge in [-0.25, -0.2) is 0 Å². The van der Waals surface area contributed by atoms with E-state index >= 15 is 0 Å². The number of thioether (sulfide) groups is 1. The molecule has 2 aliphatic rings. The van der Waals surface area contributed by atoms with Crippen LogP contribution >= 0.6 is 24.0 Å². The van der Waals surface area contributed by atoms with Crippen molar-refractivity contribution in [3.8, 4) is 6.07 Å². The number of anilines is 1. The summed E-state index contributed by atoms with van der Waals surface area (Å²) in [7, 11) is 3.32. The van der Waals surface area contributed by atoms with Gasteiger partial charge >= 0.3 is 0 Å². The molecule has 0 N–H and O–H groups in total. The van der Waals surface area contributed by atoms with E-state index in [0.29, 0.717) is 40.3 Å². The molecular formula is C22H28N4O3S2. The minimum Gasteiger partial charge on any atom is -0.385 e. The monoisotopic (exact) mass is 460 g/mol. The Labute approximate surface area is 192 Å². The first-order valence-electron chi connectivity index (χ1n) is 10.4. The summed E-state index contributed by atoms with van der Waals surface area (Å²) in [5.41, 5.74) is 1.14. The number of aromatic nitrogens is 1. The first kappa shape index (κ1) is 23.5. The van der Waals surface area contributed by atoms with Gasteiger partial charge in [-0.1, -0.05) is 30.9 Å². The van der Waals surface area contributed by atoms with Crippen molar-refractivity contribution in [2.75, 3.05) is 38.3 Å². The van der Waals surface area contributed by atoms with E-state index in [4.69, 9.17) is 17.0 Å². The Morgan fingerprint density at radius 2 is 2.00 bits per heavy atom. The third-order valence-corrected chi connectivity index (χ3v) is 7.31. The molecular weight excluding hydrogens is 432 g/mol. The average Bonchev–Trinajstić information content (AvgIpc) is 3.01.